The van der Waals surface area contributed by atoms with Gasteiger partial charge in [-0.3, -0.25) is 4.68 Å². The molecule has 3 aromatic rings. The Hall–Kier alpha value is -2.75. The Morgan fingerprint density at radius 2 is 1.90 bits per heavy atom. The van der Waals surface area contributed by atoms with Crippen LogP contribution in [-0.4, -0.2) is 9.66 Å². The van der Waals surface area contributed by atoms with Gasteiger partial charge in [-0.15, -0.1) is 0 Å². The highest BCUT2D eigenvalue weighted by Gasteiger charge is 2.13. The van der Waals surface area contributed by atoms with E-state index in [0.717, 1.165) is 28.3 Å². The molecule has 0 saturated heterocycles. The number of aromatic nitrogens is 2. The predicted molar refractivity (Wildman–Crippen MR) is 83.3 cm³/mol. The lowest BCUT2D eigenvalue weighted by Gasteiger charge is -2.13. The molecule has 0 aliphatic heterocycles. The van der Waals surface area contributed by atoms with Gasteiger partial charge in [0.05, 0.1) is 0 Å². The highest BCUT2D eigenvalue weighted by Crippen LogP contribution is 2.26. The van der Waals surface area contributed by atoms with E-state index in [2.05, 4.69) is 18.0 Å². The molecule has 0 bridgehead atoms. The van der Waals surface area contributed by atoms with Crippen LogP contribution in [0.2, 0.25) is 0 Å². The summed E-state index contributed by atoms with van der Waals surface area (Å²) in [7, 11) is 0. The van der Waals surface area contributed by atoms with Crippen LogP contribution in [0.25, 0.3) is 11.4 Å². The van der Waals surface area contributed by atoms with Gasteiger partial charge in [-0.2, -0.15) is 0 Å². The molecule has 0 saturated carbocycles. The van der Waals surface area contributed by atoms with Gasteiger partial charge >= 0.3 is 0 Å². The van der Waals surface area contributed by atoms with Gasteiger partial charge in [-0.05, 0) is 24.6 Å². The van der Waals surface area contributed by atoms with Gasteiger partial charge in [0.1, 0.15) is 12.4 Å². The van der Waals surface area contributed by atoms with Crippen molar-refractivity contribution < 1.29 is 4.74 Å². The average molecular weight is 279 g/mol. The van der Waals surface area contributed by atoms with E-state index in [4.69, 9.17) is 10.6 Å². The van der Waals surface area contributed by atoms with Crippen molar-refractivity contribution >= 4 is 0 Å². The van der Waals surface area contributed by atoms with Crippen LogP contribution in [-0.2, 0) is 6.61 Å². The molecule has 0 amide bonds. The first-order valence-electron chi connectivity index (χ1n) is 6.81. The van der Waals surface area contributed by atoms with Crippen LogP contribution in [0, 0.1) is 6.92 Å². The summed E-state index contributed by atoms with van der Waals surface area (Å²) in [6.45, 7) is 2.53. The minimum Gasteiger partial charge on any atom is -0.489 e. The zero-order valence-electron chi connectivity index (χ0n) is 11.9. The summed E-state index contributed by atoms with van der Waals surface area (Å²) in [4.78, 5) is 4.34. The van der Waals surface area contributed by atoms with E-state index in [9.17, 15) is 0 Å². The molecule has 2 aromatic carbocycles. The lowest BCUT2D eigenvalue weighted by Crippen LogP contribution is -2.10. The standard InChI is InChI=1S/C17H17N3O/c1-13-6-5-7-14(12-21-15-8-3-2-4-9-15)16(13)17-19-10-11-20(17)18/h2-11H,12,18H2,1H3. The minimum atomic E-state index is 0.480. The van der Waals surface area contributed by atoms with Gasteiger partial charge in [0.15, 0.2) is 5.82 Å². The maximum atomic E-state index is 5.93. The van der Waals surface area contributed by atoms with Gasteiger partial charge in [0.25, 0.3) is 0 Å². The largest absolute Gasteiger partial charge is 0.489 e. The number of nitrogens with zero attached hydrogens (tertiary/aromatic N) is 2. The summed E-state index contributed by atoms with van der Waals surface area (Å²) in [5.74, 6) is 7.53. The smallest absolute Gasteiger partial charge is 0.158 e. The van der Waals surface area contributed by atoms with Crippen molar-refractivity contribution in [1.82, 2.24) is 9.66 Å². The van der Waals surface area contributed by atoms with Crippen LogP contribution < -0.4 is 10.6 Å². The Kier molecular flexibility index (Phi) is 3.60. The molecular weight excluding hydrogens is 262 g/mol. The summed E-state index contributed by atoms with van der Waals surface area (Å²) in [5.41, 5.74) is 3.22. The number of nitrogen functional groups attached to an aromatic ring is 1. The van der Waals surface area contributed by atoms with Crippen molar-refractivity contribution in [3.8, 4) is 17.1 Å². The highest BCUT2D eigenvalue weighted by molar-refractivity contribution is 5.65. The summed E-state index contributed by atoms with van der Waals surface area (Å²) in [5, 5.41) is 0. The molecule has 0 aliphatic rings. The lowest BCUT2D eigenvalue weighted by atomic mass is 10.0. The summed E-state index contributed by atoms with van der Waals surface area (Å²) >= 11 is 0. The molecule has 0 spiro atoms. The minimum absolute atomic E-state index is 0.480. The molecule has 21 heavy (non-hydrogen) atoms. The Morgan fingerprint density at radius 1 is 1.10 bits per heavy atom. The Balaban J connectivity index is 1.92. The molecule has 1 heterocycles. The third-order valence-electron chi connectivity index (χ3n) is 3.39. The summed E-state index contributed by atoms with van der Waals surface area (Å²) < 4.78 is 7.38. The molecule has 1 aromatic heterocycles. The van der Waals surface area contributed by atoms with E-state index in [1.807, 2.05) is 42.5 Å². The maximum absolute atomic E-state index is 5.93. The van der Waals surface area contributed by atoms with E-state index < -0.39 is 0 Å². The first kappa shape index (κ1) is 13.2. The molecule has 3 rings (SSSR count). The van der Waals surface area contributed by atoms with Crippen molar-refractivity contribution in [3.63, 3.8) is 0 Å². The van der Waals surface area contributed by atoms with Gasteiger partial charge in [0.2, 0.25) is 0 Å². The molecule has 2 N–H and O–H groups in total. The van der Waals surface area contributed by atoms with Crippen LogP contribution in [0.4, 0.5) is 0 Å². The lowest BCUT2D eigenvalue weighted by molar-refractivity contribution is 0.306. The third-order valence-corrected chi connectivity index (χ3v) is 3.39. The van der Waals surface area contributed by atoms with E-state index >= 15 is 0 Å². The Morgan fingerprint density at radius 3 is 2.62 bits per heavy atom. The topological polar surface area (TPSA) is 53.1 Å². The monoisotopic (exact) mass is 279 g/mol. The highest BCUT2D eigenvalue weighted by atomic mass is 16.5. The number of nitrogens with two attached hydrogens (primary N) is 1. The van der Waals surface area contributed by atoms with Crippen molar-refractivity contribution in [3.05, 3.63) is 72.1 Å². The molecule has 4 nitrogen and oxygen atoms in total. The molecular formula is C17H17N3O. The normalized spacial score (nSPS) is 10.5. The number of para-hydroxylation sites is 1. The van der Waals surface area contributed by atoms with E-state index in [0.29, 0.717) is 6.61 Å². The van der Waals surface area contributed by atoms with Crippen molar-refractivity contribution in [2.45, 2.75) is 13.5 Å². The number of ether oxygens (including phenoxy) is 1. The van der Waals surface area contributed by atoms with E-state index in [-0.39, 0.29) is 0 Å². The zero-order chi connectivity index (χ0) is 14.7. The van der Waals surface area contributed by atoms with Crippen LogP contribution >= 0.6 is 0 Å². The molecule has 0 radical (unpaired) electrons. The quantitative estimate of drug-likeness (QED) is 0.746. The second-order valence-corrected chi connectivity index (χ2v) is 4.87. The van der Waals surface area contributed by atoms with Crippen molar-refractivity contribution in [2.24, 2.45) is 0 Å². The molecule has 0 aliphatic carbocycles. The Labute approximate surface area is 123 Å². The first-order valence-corrected chi connectivity index (χ1v) is 6.81. The number of aryl methyl sites for hydroxylation is 1. The molecule has 0 atom stereocenters. The SMILES string of the molecule is Cc1cccc(COc2ccccc2)c1-c1nccn1N. The second-order valence-electron chi connectivity index (χ2n) is 4.87. The first-order chi connectivity index (χ1) is 10.3. The van der Waals surface area contributed by atoms with Gasteiger partial charge in [-0.25, -0.2) is 4.98 Å². The maximum Gasteiger partial charge on any atom is 0.158 e. The number of imidazole rings is 1. The van der Waals surface area contributed by atoms with Crippen LogP contribution in [0.3, 0.4) is 0 Å². The van der Waals surface area contributed by atoms with Crippen LogP contribution in [0.15, 0.2) is 60.9 Å². The van der Waals surface area contributed by atoms with E-state index in [1.54, 1.807) is 12.4 Å². The average Bonchev–Trinajstić information content (AvgIpc) is 2.92. The number of rotatable bonds is 4. The fourth-order valence-corrected chi connectivity index (χ4v) is 2.35. The molecule has 4 heteroatoms. The van der Waals surface area contributed by atoms with Gasteiger partial charge in [0, 0.05) is 23.5 Å². The van der Waals surface area contributed by atoms with Crippen LogP contribution in [0.1, 0.15) is 11.1 Å². The van der Waals surface area contributed by atoms with Crippen molar-refractivity contribution in [2.75, 3.05) is 5.84 Å². The van der Waals surface area contributed by atoms with Gasteiger partial charge < -0.3 is 10.6 Å². The fraction of sp³-hybridized carbons (Fsp3) is 0.118. The molecule has 0 unspecified atom stereocenters. The number of hydrogen-bond donors (Lipinski definition) is 1. The molecule has 0 fully saturated rings. The third kappa shape index (κ3) is 2.74. The Bertz CT molecular complexity index is 735. The summed E-state index contributed by atoms with van der Waals surface area (Å²) in [6, 6.07) is 15.9. The van der Waals surface area contributed by atoms with E-state index in [1.165, 1.54) is 4.68 Å². The van der Waals surface area contributed by atoms with Crippen molar-refractivity contribution in [1.29, 1.82) is 0 Å². The van der Waals surface area contributed by atoms with Crippen LogP contribution in [0.5, 0.6) is 5.75 Å². The fourth-order valence-electron chi connectivity index (χ4n) is 2.35. The second kappa shape index (κ2) is 5.71. The zero-order valence-corrected chi connectivity index (χ0v) is 11.9. The summed E-state index contributed by atoms with van der Waals surface area (Å²) in [6.07, 6.45) is 3.44. The molecule has 106 valence electrons. The van der Waals surface area contributed by atoms with Gasteiger partial charge in [-0.1, -0.05) is 36.4 Å². The number of benzene rings is 2. The predicted octanol–water partition coefficient (Wildman–Crippen LogP) is 3.15. The number of hydrogen-bond acceptors (Lipinski definition) is 3.